The molecule has 3 N–H and O–H groups in total. The predicted octanol–water partition coefficient (Wildman–Crippen LogP) is 0.596. The minimum absolute atomic E-state index is 0.126. The number of rotatable bonds is 7. The lowest BCUT2D eigenvalue weighted by Crippen LogP contribution is -2.43. The molecule has 0 fully saturated rings. The molecule has 0 rings (SSSR count). The third-order valence-corrected chi connectivity index (χ3v) is 2.50. The second-order valence-corrected chi connectivity index (χ2v) is 5.18. The highest BCUT2D eigenvalue weighted by Gasteiger charge is 2.30. The normalized spacial score (nSPS) is 12.6. The van der Waals surface area contributed by atoms with E-state index in [1.54, 1.807) is 7.11 Å². The van der Waals surface area contributed by atoms with Gasteiger partial charge in [0, 0.05) is 20.1 Å². The van der Waals surface area contributed by atoms with Crippen LogP contribution in [0, 0.1) is 11.3 Å². The van der Waals surface area contributed by atoms with Crippen molar-refractivity contribution >= 4 is 17.9 Å². The van der Waals surface area contributed by atoms with Crippen LogP contribution in [0.15, 0.2) is 0 Å². The lowest BCUT2D eigenvalue weighted by atomic mass is 9.89. The number of carbonyl (C=O) groups is 3. The van der Waals surface area contributed by atoms with Crippen molar-refractivity contribution in [2.45, 2.75) is 27.2 Å². The van der Waals surface area contributed by atoms with E-state index >= 15 is 0 Å². The van der Waals surface area contributed by atoms with Crippen LogP contribution >= 0.6 is 0 Å². The topological polar surface area (TPSA) is 105 Å². The maximum Gasteiger partial charge on any atom is 0.321 e. The van der Waals surface area contributed by atoms with Gasteiger partial charge in [0.15, 0.2) is 0 Å². The van der Waals surface area contributed by atoms with Crippen molar-refractivity contribution in [1.82, 2.24) is 10.6 Å². The largest absolute Gasteiger partial charge is 0.481 e. The molecule has 7 heteroatoms. The van der Waals surface area contributed by atoms with Crippen molar-refractivity contribution in [3.8, 4) is 0 Å². The average molecular weight is 274 g/mol. The zero-order chi connectivity index (χ0) is 15.1. The van der Waals surface area contributed by atoms with E-state index in [1.165, 1.54) is 13.8 Å². The van der Waals surface area contributed by atoms with Gasteiger partial charge in [0.1, 0.15) is 0 Å². The molecular formula is C12H22N2O5. The molecule has 0 aromatic rings. The molecule has 0 aliphatic heterocycles. The number of carbonyl (C=O) groups excluding carboxylic acids is 2. The van der Waals surface area contributed by atoms with Gasteiger partial charge in [0.25, 0.3) is 0 Å². The van der Waals surface area contributed by atoms with Crippen LogP contribution in [-0.2, 0) is 14.3 Å². The Morgan fingerprint density at radius 3 is 2.37 bits per heavy atom. The van der Waals surface area contributed by atoms with Crippen molar-refractivity contribution in [3.63, 3.8) is 0 Å². The summed E-state index contributed by atoms with van der Waals surface area (Å²) in [7, 11) is 1.56. The molecule has 0 spiro atoms. The van der Waals surface area contributed by atoms with Gasteiger partial charge in [-0.25, -0.2) is 4.79 Å². The molecule has 110 valence electrons. The van der Waals surface area contributed by atoms with Gasteiger partial charge in [0.2, 0.25) is 5.91 Å². The predicted molar refractivity (Wildman–Crippen MR) is 68.6 cm³/mol. The van der Waals surface area contributed by atoms with Crippen LogP contribution in [0.25, 0.3) is 0 Å². The van der Waals surface area contributed by atoms with Crippen LogP contribution < -0.4 is 10.6 Å². The minimum Gasteiger partial charge on any atom is -0.481 e. The van der Waals surface area contributed by atoms with Gasteiger partial charge in [0.05, 0.1) is 12.0 Å². The maximum atomic E-state index is 11.5. The number of nitrogens with one attached hydrogen (secondary N) is 2. The summed E-state index contributed by atoms with van der Waals surface area (Å²) in [6.45, 7) is 5.61. The van der Waals surface area contributed by atoms with Crippen LogP contribution in [0.4, 0.5) is 4.79 Å². The third kappa shape index (κ3) is 7.40. The zero-order valence-corrected chi connectivity index (χ0v) is 11.8. The Balaban J connectivity index is 4.07. The molecule has 0 aliphatic carbocycles. The van der Waals surface area contributed by atoms with E-state index < -0.39 is 23.3 Å². The molecule has 0 radical (unpaired) electrons. The van der Waals surface area contributed by atoms with Crippen molar-refractivity contribution < 1.29 is 24.2 Å². The number of ether oxygens (including phenoxy) is 1. The Morgan fingerprint density at radius 1 is 1.32 bits per heavy atom. The van der Waals surface area contributed by atoms with E-state index in [4.69, 9.17) is 9.84 Å². The van der Waals surface area contributed by atoms with Crippen LogP contribution in [0.3, 0.4) is 0 Å². The molecule has 7 nitrogen and oxygen atoms in total. The van der Waals surface area contributed by atoms with E-state index in [1.807, 2.05) is 6.92 Å². The quantitative estimate of drug-likeness (QED) is 0.630. The fourth-order valence-electron chi connectivity index (χ4n) is 1.30. The number of urea groups is 1. The Bertz CT molecular complexity index is 341. The van der Waals surface area contributed by atoms with Gasteiger partial charge < -0.3 is 15.2 Å². The molecule has 1 unspecified atom stereocenters. The van der Waals surface area contributed by atoms with Crippen molar-refractivity contribution in [2.24, 2.45) is 11.3 Å². The van der Waals surface area contributed by atoms with Gasteiger partial charge >= 0.3 is 12.0 Å². The van der Waals surface area contributed by atoms with Crippen LogP contribution in [0.1, 0.15) is 27.2 Å². The molecule has 3 amide bonds. The minimum atomic E-state index is -1.20. The lowest BCUT2D eigenvalue weighted by Gasteiger charge is -2.18. The van der Waals surface area contributed by atoms with Gasteiger partial charge in [-0.2, -0.15) is 0 Å². The molecule has 0 aromatic carbocycles. The number of imide groups is 1. The van der Waals surface area contributed by atoms with E-state index in [9.17, 15) is 14.4 Å². The highest BCUT2D eigenvalue weighted by Crippen LogP contribution is 2.19. The van der Waals surface area contributed by atoms with Crippen LogP contribution in [0.5, 0.6) is 0 Å². The fourth-order valence-corrected chi connectivity index (χ4v) is 1.30. The first-order valence-electron chi connectivity index (χ1n) is 5.99. The summed E-state index contributed by atoms with van der Waals surface area (Å²) < 4.78 is 4.91. The number of aliphatic carboxylic acids is 1. The van der Waals surface area contributed by atoms with E-state index in [2.05, 4.69) is 10.6 Å². The van der Waals surface area contributed by atoms with Crippen LogP contribution in [0.2, 0.25) is 0 Å². The third-order valence-electron chi connectivity index (χ3n) is 2.50. The highest BCUT2D eigenvalue weighted by atomic mass is 16.5. The second-order valence-electron chi connectivity index (χ2n) is 5.18. The van der Waals surface area contributed by atoms with Gasteiger partial charge in [-0.15, -0.1) is 0 Å². The number of hydrogen-bond acceptors (Lipinski definition) is 4. The molecule has 0 saturated heterocycles. The molecule has 0 aliphatic rings. The molecule has 0 saturated carbocycles. The van der Waals surface area contributed by atoms with Crippen molar-refractivity contribution in [2.75, 3.05) is 20.3 Å². The number of methoxy groups -OCH3 is 1. The number of amides is 3. The van der Waals surface area contributed by atoms with Crippen molar-refractivity contribution in [1.29, 1.82) is 0 Å². The smallest absolute Gasteiger partial charge is 0.321 e. The SMILES string of the molecule is COCC(C)CNC(=O)NC(=O)CC(C)(C)C(=O)O. The Morgan fingerprint density at radius 2 is 1.89 bits per heavy atom. The Hall–Kier alpha value is -1.63. The van der Waals surface area contributed by atoms with Gasteiger partial charge in [-0.05, 0) is 19.8 Å². The summed E-state index contributed by atoms with van der Waals surface area (Å²) in [6.07, 6.45) is -0.261. The number of carboxylic acids is 1. The van der Waals surface area contributed by atoms with Gasteiger partial charge in [-0.1, -0.05) is 6.92 Å². The summed E-state index contributed by atoms with van der Waals surface area (Å²) in [5.41, 5.74) is -1.20. The summed E-state index contributed by atoms with van der Waals surface area (Å²) in [5, 5.41) is 13.5. The Kier molecular flexibility index (Phi) is 7.06. The molecule has 0 heterocycles. The summed E-state index contributed by atoms with van der Waals surface area (Å²) in [4.78, 5) is 33.7. The summed E-state index contributed by atoms with van der Waals surface area (Å²) in [6, 6.07) is -0.630. The monoisotopic (exact) mass is 274 g/mol. The Labute approximate surface area is 112 Å². The molecule has 0 aromatic heterocycles. The van der Waals surface area contributed by atoms with Crippen molar-refractivity contribution in [3.05, 3.63) is 0 Å². The highest BCUT2D eigenvalue weighted by molar-refractivity contribution is 5.96. The second kappa shape index (κ2) is 7.73. The summed E-state index contributed by atoms with van der Waals surface area (Å²) in [5.74, 6) is -1.58. The first-order valence-corrected chi connectivity index (χ1v) is 5.99. The van der Waals surface area contributed by atoms with E-state index in [-0.39, 0.29) is 12.3 Å². The number of hydrogen-bond donors (Lipinski definition) is 3. The molecule has 19 heavy (non-hydrogen) atoms. The standard InChI is InChI=1S/C12H22N2O5/c1-8(7-19-4)6-13-11(18)14-9(15)5-12(2,3)10(16)17/h8H,5-7H2,1-4H3,(H,16,17)(H2,13,14,15,18). The lowest BCUT2D eigenvalue weighted by molar-refractivity contribution is -0.149. The van der Waals surface area contributed by atoms with Crippen LogP contribution in [-0.4, -0.2) is 43.3 Å². The molecule has 1 atom stereocenters. The maximum absolute atomic E-state index is 11.5. The molecular weight excluding hydrogens is 252 g/mol. The summed E-state index contributed by atoms with van der Waals surface area (Å²) >= 11 is 0. The average Bonchev–Trinajstić information content (AvgIpc) is 2.25. The van der Waals surface area contributed by atoms with E-state index in [0.717, 1.165) is 0 Å². The van der Waals surface area contributed by atoms with E-state index in [0.29, 0.717) is 13.2 Å². The first kappa shape index (κ1) is 17.4. The first-order chi connectivity index (χ1) is 8.69. The van der Waals surface area contributed by atoms with Gasteiger partial charge in [-0.3, -0.25) is 14.9 Å². The zero-order valence-electron chi connectivity index (χ0n) is 11.8. The molecule has 0 bridgehead atoms. The fraction of sp³-hybridized carbons (Fsp3) is 0.750. The number of carboxylic acid groups (broad SMARTS) is 1.